The summed E-state index contributed by atoms with van der Waals surface area (Å²) in [5, 5.41) is 0. The van der Waals surface area contributed by atoms with E-state index in [-0.39, 0.29) is 11.8 Å². The molecular weight excluding hydrogens is 272 g/mol. The van der Waals surface area contributed by atoms with Gasteiger partial charge in [-0.1, -0.05) is 30.3 Å². The van der Waals surface area contributed by atoms with Crippen molar-refractivity contribution in [3.8, 4) is 0 Å². The molecule has 0 spiro atoms. The van der Waals surface area contributed by atoms with Gasteiger partial charge in [0.2, 0.25) is 5.91 Å². The van der Waals surface area contributed by atoms with Gasteiger partial charge in [0.25, 0.3) is 0 Å². The molecule has 1 atom stereocenters. The molecule has 1 aliphatic heterocycles. The molecule has 1 amide bonds. The Bertz CT molecular complexity index is 424. The van der Waals surface area contributed by atoms with Gasteiger partial charge in [-0.25, -0.2) is 0 Å². The van der Waals surface area contributed by atoms with Crippen molar-refractivity contribution < 1.29 is 4.79 Å². The van der Waals surface area contributed by atoms with E-state index in [0.29, 0.717) is 6.04 Å². The minimum atomic E-state index is 0.0736. The Labute approximate surface area is 126 Å². The summed E-state index contributed by atoms with van der Waals surface area (Å²) >= 11 is 5.71. The van der Waals surface area contributed by atoms with E-state index in [1.807, 2.05) is 11.0 Å². The molecule has 0 bridgehead atoms. The lowest BCUT2D eigenvalue weighted by Gasteiger charge is -2.37. The number of carbonyl (C=O) groups is 1. The number of amides is 1. The molecule has 1 heterocycles. The van der Waals surface area contributed by atoms with Gasteiger partial charge in [-0.3, -0.25) is 4.79 Å². The van der Waals surface area contributed by atoms with E-state index in [4.69, 9.17) is 11.6 Å². The minimum absolute atomic E-state index is 0.0736. The second-order valence-corrected chi connectivity index (χ2v) is 5.82. The molecule has 20 heavy (non-hydrogen) atoms. The van der Waals surface area contributed by atoms with Crippen LogP contribution in [0.25, 0.3) is 0 Å². The highest BCUT2D eigenvalue weighted by Crippen LogP contribution is 2.19. The van der Waals surface area contributed by atoms with E-state index in [1.54, 1.807) is 0 Å². The summed E-state index contributed by atoms with van der Waals surface area (Å²) in [5.74, 6) is 0.170. The standard InChI is InChI=1S/C16H23ClN2O/c1-18(12-14-7-3-2-4-8-14)13-15-9-5-6-10-19(15)16(20)11-17/h2-4,7-8,15H,5-6,9-13H2,1H3/t15-/m1/s1. The molecule has 110 valence electrons. The molecule has 3 nitrogen and oxygen atoms in total. The zero-order valence-electron chi connectivity index (χ0n) is 12.1. The van der Waals surface area contributed by atoms with Crippen LogP contribution in [0.4, 0.5) is 0 Å². The number of alkyl halides is 1. The van der Waals surface area contributed by atoms with Crippen molar-refractivity contribution in [1.29, 1.82) is 0 Å². The lowest BCUT2D eigenvalue weighted by Crippen LogP contribution is -2.49. The first-order valence-corrected chi connectivity index (χ1v) is 7.82. The predicted octanol–water partition coefficient (Wildman–Crippen LogP) is 2.74. The molecule has 0 N–H and O–H groups in total. The summed E-state index contributed by atoms with van der Waals surface area (Å²) in [6, 6.07) is 10.7. The second kappa shape index (κ2) is 7.65. The number of nitrogens with zero attached hydrogens (tertiary/aromatic N) is 2. The maximum Gasteiger partial charge on any atom is 0.237 e. The van der Waals surface area contributed by atoms with E-state index >= 15 is 0 Å². The molecule has 0 radical (unpaired) electrons. The molecule has 1 aromatic carbocycles. The second-order valence-electron chi connectivity index (χ2n) is 5.55. The van der Waals surface area contributed by atoms with Crippen molar-refractivity contribution in [2.45, 2.75) is 31.8 Å². The van der Waals surface area contributed by atoms with E-state index in [2.05, 4.69) is 36.2 Å². The third-order valence-corrected chi connectivity index (χ3v) is 4.11. The highest BCUT2D eigenvalue weighted by atomic mass is 35.5. The first kappa shape index (κ1) is 15.3. The number of likely N-dealkylation sites (tertiary alicyclic amines) is 1. The minimum Gasteiger partial charge on any atom is -0.337 e. The molecule has 1 aliphatic rings. The maximum absolute atomic E-state index is 11.9. The van der Waals surface area contributed by atoms with Crippen LogP contribution in [-0.2, 0) is 11.3 Å². The topological polar surface area (TPSA) is 23.6 Å². The largest absolute Gasteiger partial charge is 0.337 e. The third-order valence-electron chi connectivity index (χ3n) is 3.88. The first-order chi connectivity index (χ1) is 9.70. The molecule has 4 heteroatoms. The van der Waals surface area contributed by atoms with Gasteiger partial charge in [0.1, 0.15) is 5.88 Å². The zero-order chi connectivity index (χ0) is 14.4. The number of halogens is 1. The highest BCUT2D eigenvalue weighted by molar-refractivity contribution is 6.27. The summed E-state index contributed by atoms with van der Waals surface area (Å²) in [6.07, 6.45) is 3.39. The van der Waals surface area contributed by atoms with E-state index in [9.17, 15) is 4.79 Å². The number of piperidine rings is 1. The smallest absolute Gasteiger partial charge is 0.237 e. The molecule has 1 aromatic rings. The fourth-order valence-corrected chi connectivity index (χ4v) is 3.07. The molecule has 0 unspecified atom stereocenters. The van der Waals surface area contributed by atoms with E-state index in [1.165, 1.54) is 12.0 Å². The SMILES string of the molecule is CN(Cc1ccccc1)C[C@H]1CCCCN1C(=O)CCl. The van der Waals surface area contributed by atoms with Crippen molar-refractivity contribution in [2.24, 2.45) is 0 Å². The quantitative estimate of drug-likeness (QED) is 0.780. The Morgan fingerprint density at radius 1 is 1.35 bits per heavy atom. The Morgan fingerprint density at radius 2 is 2.10 bits per heavy atom. The molecule has 1 saturated heterocycles. The van der Waals surface area contributed by atoms with Crippen LogP contribution in [0.2, 0.25) is 0 Å². The normalized spacial score (nSPS) is 19.4. The van der Waals surface area contributed by atoms with Gasteiger partial charge < -0.3 is 9.80 Å². The molecular formula is C16H23ClN2O. The maximum atomic E-state index is 11.9. The fourth-order valence-electron chi connectivity index (χ4n) is 2.91. The summed E-state index contributed by atoms with van der Waals surface area (Å²) in [6.45, 7) is 2.69. The number of hydrogen-bond acceptors (Lipinski definition) is 2. The predicted molar refractivity (Wildman–Crippen MR) is 82.8 cm³/mol. The summed E-state index contributed by atoms with van der Waals surface area (Å²) in [4.78, 5) is 16.2. The Kier molecular flexibility index (Phi) is 5.86. The van der Waals surface area contributed by atoms with Crippen LogP contribution >= 0.6 is 11.6 Å². The molecule has 0 aromatic heterocycles. The fraction of sp³-hybridized carbons (Fsp3) is 0.562. The lowest BCUT2D eigenvalue weighted by molar-refractivity contribution is -0.132. The Morgan fingerprint density at radius 3 is 2.80 bits per heavy atom. The average Bonchev–Trinajstić information content (AvgIpc) is 2.48. The number of likely N-dealkylation sites (N-methyl/N-ethyl adjacent to an activating group) is 1. The monoisotopic (exact) mass is 294 g/mol. The first-order valence-electron chi connectivity index (χ1n) is 7.28. The lowest BCUT2D eigenvalue weighted by atomic mass is 10.0. The van der Waals surface area contributed by atoms with Crippen molar-refractivity contribution >= 4 is 17.5 Å². The summed E-state index contributed by atoms with van der Waals surface area (Å²) in [5.41, 5.74) is 1.31. The number of rotatable bonds is 5. The number of benzene rings is 1. The average molecular weight is 295 g/mol. The number of hydrogen-bond donors (Lipinski definition) is 0. The third kappa shape index (κ3) is 4.22. The zero-order valence-corrected chi connectivity index (χ0v) is 12.9. The van der Waals surface area contributed by atoms with Crippen LogP contribution in [0.1, 0.15) is 24.8 Å². The number of carbonyl (C=O) groups excluding carboxylic acids is 1. The molecule has 2 rings (SSSR count). The van der Waals surface area contributed by atoms with Gasteiger partial charge in [0.05, 0.1) is 0 Å². The van der Waals surface area contributed by atoms with E-state index in [0.717, 1.165) is 32.5 Å². The van der Waals surface area contributed by atoms with Crippen LogP contribution in [0, 0.1) is 0 Å². The van der Waals surface area contributed by atoms with Crippen molar-refractivity contribution in [2.75, 3.05) is 26.0 Å². The van der Waals surface area contributed by atoms with Crippen molar-refractivity contribution in [3.05, 3.63) is 35.9 Å². The van der Waals surface area contributed by atoms with E-state index < -0.39 is 0 Å². The van der Waals surface area contributed by atoms with Crippen molar-refractivity contribution in [1.82, 2.24) is 9.80 Å². The van der Waals surface area contributed by atoms with Gasteiger partial charge in [-0.05, 0) is 31.9 Å². The summed E-state index contributed by atoms with van der Waals surface area (Å²) in [7, 11) is 2.12. The summed E-state index contributed by atoms with van der Waals surface area (Å²) < 4.78 is 0. The Balaban J connectivity index is 1.91. The van der Waals surface area contributed by atoms with Crippen molar-refractivity contribution in [3.63, 3.8) is 0 Å². The van der Waals surface area contributed by atoms with Crippen LogP contribution in [0.3, 0.4) is 0 Å². The molecule has 0 aliphatic carbocycles. The van der Waals surface area contributed by atoms with Crippen LogP contribution in [0.15, 0.2) is 30.3 Å². The van der Waals surface area contributed by atoms with Crippen LogP contribution < -0.4 is 0 Å². The molecule has 0 saturated carbocycles. The van der Waals surface area contributed by atoms with Gasteiger partial charge in [-0.15, -0.1) is 11.6 Å². The highest BCUT2D eigenvalue weighted by Gasteiger charge is 2.26. The van der Waals surface area contributed by atoms with Crippen LogP contribution in [-0.4, -0.2) is 47.8 Å². The van der Waals surface area contributed by atoms with Gasteiger partial charge in [0, 0.05) is 25.7 Å². The van der Waals surface area contributed by atoms with Gasteiger partial charge in [0.15, 0.2) is 0 Å². The van der Waals surface area contributed by atoms with Crippen LogP contribution in [0.5, 0.6) is 0 Å². The Hall–Kier alpha value is -1.06. The van der Waals surface area contributed by atoms with Gasteiger partial charge in [-0.2, -0.15) is 0 Å². The molecule has 1 fully saturated rings. The van der Waals surface area contributed by atoms with Gasteiger partial charge >= 0.3 is 0 Å².